The van der Waals surface area contributed by atoms with Crippen LogP contribution in [-0.2, 0) is 10.8 Å². The summed E-state index contributed by atoms with van der Waals surface area (Å²) in [6, 6.07) is 10.3. The van der Waals surface area contributed by atoms with Gasteiger partial charge in [0.05, 0.1) is 0 Å². The van der Waals surface area contributed by atoms with Crippen LogP contribution >= 0.6 is 0 Å². The number of rotatable bonds is 4. The van der Waals surface area contributed by atoms with Crippen LogP contribution in [0.15, 0.2) is 30.3 Å². The Kier molecular flexibility index (Phi) is 4.31. The van der Waals surface area contributed by atoms with E-state index in [0.717, 1.165) is 13.0 Å². The molecule has 0 radical (unpaired) electrons. The maximum atomic E-state index is 5.50. The van der Waals surface area contributed by atoms with Crippen LogP contribution in [0.4, 0.5) is 0 Å². The third-order valence-corrected chi connectivity index (χ3v) is 3.04. The molecule has 0 aliphatic rings. The molecular weight excluding hydrogens is 176 g/mol. The van der Waals surface area contributed by atoms with E-state index in [0.29, 0.717) is 0 Å². The van der Waals surface area contributed by atoms with Gasteiger partial charge in [0.25, 0.3) is 9.04 Å². The van der Waals surface area contributed by atoms with E-state index >= 15 is 0 Å². The highest BCUT2D eigenvalue weighted by atomic mass is 28.3. The molecule has 0 aliphatic heterocycles. The van der Waals surface area contributed by atoms with E-state index in [1.807, 2.05) is 24.7 Å². The first-order chi connectivity index (χ1) is 6.33. The van der Waals surface area contributed by atoms with Gasteiger partial charge < -0.3 is 4.43 Å². The molecule has 1 atom stereocenters. The van der Waals surface area contributed by atoms with Gasteiger partial charge in [-0.05, 0) is 18.5 Å². The lowest BCUT2D eigenvalue weighted by Gasteiger charge is -2.05. The van der Waals surface area contributed by atoms with E-state index < -0.39 is 9.04 Å². The second kappa shape index (κ2) is 5.58. The van der Waals surface area contributed by atoms with Crippen LogP contribution in [0.2, 0.25) is 6.55 Å². The molecule has 0 amide bonds. The maximum Gasteiger partial charge on any atom is 0.252 e. The highest BCUT2D eigenvalue weighted by molar-refractivity contribution is 6.59. The summed E-state index contributed by atoms with van der Waals surface area (Å²) in [5, 5.41) is 0. The van der Waals surface area contributed by atoms with E-state index in [9.17, 15) is 0 Å². The predicted molar refractivity (Wildman–Crippen MR) is 57.9 cm³/mol. The lowest BCUT2D eigenvalue weighted by molar-refractivity contribution is 0.335. The first-order valence-electron chi connectivity index (χ1n) is 4.44. The van der Waals surface area contributed by atoms with Crippen molar-refractivity contribution in [2.75, 3.05) is 6.61 Å². The van der Waals surface area contributed by atoms with E-state index in [1.165, 1.54) is 5.56 Å². The van der Waals surface area contributed by atoms with Gasteiger partial charge in [-0.1, -0.05) is 30.3 Å². The highest BCUT2D eigenvalue weighted by Gasteiger charge is 1.98. The minimum atomic E-state index is -1.29. The second-order valence-electron chi connectivity index (χ2n) is 2.92. The molecule has 1 unspecified atom stereocenters. The zero-order valence-electron chi connectivity index (χ0n) is 7.86. The first-order valence-corrected chi connectivity index (χ1v) is 6.65. The fraction of sp³-hybridized carbons (Fsp3) is 0.273. The minimum absolute atomic E-state index is 0.752. The van der Waals surface area contributed by atoms with Gasteiger partial charge in [-0.15, -0.1) is 12.0 Å². The molecule has 0 bridgehead atoms. The van der Waals surface area contributed by atoms with Crippen LogP contribution in [0.1, 0.15) is 5.56 Å². The number of hydrogen-bond acceptors (Lipinski definition) is 1. The van der Waals surface area contributed by atoms with Gasteiger partial charge in [0, 0.05) is 6.61 Å². The van der Waals surface area contributed by atoms with Crippen molar-refractivity contribution in [2.45, 2.75) is 13.0 Å². The lowest BCUT2D eigenvalue weighted by atomic mass is 10.2. The molecule has 0 heterocycles. The van der Waals surface area contributed by atoms with Gasteiger partial charge in [0.1, 0.15) is 0 Å². The van der Waals surface area contributed by atoms with Crippen LogP contribution in [0.3, 0.4) is 0 Å². The van der Waals surface area contributed by atoms with Gasteiger partial charge in [0.15, 0.2) is 0 Å². The molecule has 0 saturated heterocycles. The zero-order valence-corrected chi connectivity index (χ0v) is 9.02. The number of terminal acetylenes is 1. The molecule has 0 saturated carbocycles. The average Bonchev–Trinajstić information content (AvgIpc) is 2.19. The Hall–Kier alpha value is -1.04. The van der Waals surface area contributed by atoms with Crippen molar-refractivity contribution in [1.82, 2.24) is 0 Å². The Balaban J connectivity index is 2.25. The molecule has 1 rings (SSSR count). The Morgan fingerprint density at radius 2 is 2.08 bits per heavy atom. The predicted octanol–water partition coefficient (Wildman–Crippen LogP) is 1.77. The van der Waals surface area contributed by atoms with Crippen LogP contribution < -0.4 is 0 Å². The molecule has 68 valence electrons. The Labute approximate surface area is 81.5 Å². The fourth-order valence-electron chi connectivity index (χ4n) is 1.05. The van der Waals surface area contributed by atoms with E-state index in [1.54, 1.807) is 0 Å². The molecule has 0 aromatic heterocycles. The average molecular weight is 190 g/mol. The van der Waals surface area contributed by atoms with Crippen molar-refractivity contribution in [3.63, 3.8) is 0 Å². The second-order valence-corrected chi connectivity index (χ2v) is 4.87. The largest absolute Gasteiger partial charge is 0.408 e. The van der Waals surface area contributed by atoms with Gasteiger partial charge in [0.2, 0.25) is 0 Å². The van der Waals surface area contributed by atoms with Crippen molar-refractivity contribution in [3.8, 4) is 12.0 Å². The molecule has 1 aromatic rings. The fourth-order valence-corrected chi connectivity index (χ4v) is 1.61. The molecule has 0 fully saturated rings. The third-order valence-electron chi connectivity index (χ3n) is 1.84. The van der Waals surface area contributed by atoms with Crippen molar-refractivity contribution < 1.29 is 4.43 Å². The Morgan fingerprint density at radius 3 is 2.69 bits per heavy atom. The van der Waals surface area contributed by atoms with E-state index in [-0.39, 0.29) is 0 Å². The zero-order chi connectivity index (χ0) is 9.52. The minimum Gasteiger partial charge on any atom is -0.408 e. The lowest BCUT2D eigenvalue weighted by Crippen LogP contribution is -2.12. The SMILES string of the molecule is C#C[SiH](C)OCCc1ccccc1. The summed E-state index contributed by atoms with van der Waals surface area (Å²) in [5.41, 5.74) is 3.97. The monoisotopic (exact) mass is 190 g/mol. The topological polar surface area (TPSA) is 9.23 Å². The summed E-state index contributed by atoms with van der Waals surface area (Å²) in [7, 11) is -1.29. The van der Waals surface area contributed by atoms with Gasteiger partial charge in [-0.25, -0.2) is 0 Å². The van der Waals surface area contributed by atoms with Gasteiger partial charge in [-0.2, -0.15) is 0 Å². The molecule has 0 N–H and O–H groups in total. The smallest absolute Gasteiger partial charge is 0.252 e. The normalized spacial score (nSPS) is 12.0. The quantitative estimate of drug-likeness (QED) is 0.519. The molecule has 0 spiro atoms. The summed E-state index contributed by atoms with van der Waals surface area (Å²) in [6.07, 6.45) is 6.20. The van der Waals surface area contributed by atoms with Crippen molar-refractivity contribution >= 4 is 9.04 Å². The number of benzene rings is 1. The molecule has 1 aromatic carbocycles. The third kappa shape index (κ3) is 3.93. The van der Waals surface area contributed by atoms with Gasteiger partial charge >= 0.3 is 0 Å². The summed E-state index contributed by atoms with van der Waals surface area (Å²) in [5.74, 6) is 0. The van der Waals surface area contributed by atoms with Crippen LogP contribution in [0.25, 0.3) is 0 Å². The van der Waals surface area contributed by atoms with Crippen LogP contribution in [-0.4, -0.2) is 15.6 Å². The van der Waals surface area contributed by atoms with E-state index in [2.05, 4.69) is 17.7 Å². The molecule has 2 heteroatoms. The first kappa shape index (κ1) is 10.0. The number of hydrogen-bond donors (Lipinski definition) is 0. The van der Waals surface area contributed by atoms with Crippen LogP contribution in [0.5, 0.6) is 0 Å². The standard InChI is InChI=1S/C11H14OSi/c1-3-13(2)12-10-9-11-7-5-4-6-8-11/h1,4-8,13H,9-10H2,2H3. The molecule has 13 heavy (non-hydrogen) atoms. The van der Waals surface area contributed by atoms with Gasteiger partial charge in [-0.3, -0.25) is 0 Å². The maximum absolute atomic E-state index is 5.50. The molecular formula is C11H14OSi. The molecule has 1 nitrogen and oxygen atoms in total. The van der Waals surface area contributed by atoms with Crippen LogP contribution in [0, 0.1) is 12.0 Å². The highest BCUT2D eigenvalue weighted by Crippen LogP contribution is 1.99. The summed E-state index contributed by atoms with van der Waals surface area (Å²) < 4.78 is 5.50. The van der Waals surface area contributed by atoms with E-state index in [4.69, 9.17) is 10.8 Å². The molecule has 0 aliphatic carbocycles. The van der Waals surface area contributed by atoms with Crippen molar-refractivity contribution in [2.24, 2.45) is 0 Å². The Morgan fingerprint density at radius 1 is 1.38 bits per heavy atom. The van der Waals surface area contributed by atoms with Crippen molar-refractivity contribution in [3.05, 3.63) is 35.9 Å². The Bertz CT molecular complexity index is 276. The summed E-state index contributed by atoms with van der Waals surface area (Å²) in [6.45, 7) is 2.77. The summed E-state index contributed by atoms with van der Waals surface area (Å²) >= 11 is 0. The van der Waals surface area contributed by atoms with Crippen molar-refractivity contribution in [1.29, 1.82) is 0 Å². The summed E-state index contributed by atoms with van der Waals surface area (Å²) in [4.78, 5) is 0.